The van der Waals surface area contributed by atoms with E-state index in [0.29, 0.717) is 24.6 Å². The van der Waals surface area contributed by atoms with Crippen LogP contribution in [0.2, 0.25) is 0 Å². The van der Waals surface area contributed by atoms with Crippen LogP contribution < -0.4 is 9.47 Å². The summed E-state index contributed by atoms with van der Waals surface area (Å²) in [4.78, 5) is 4.85. The number of hydrogen-bond donors (Lipinski definition) is 2. The number of hydrogen-bond acceptors (Lipinski definition) is 8. The molecular formula is C30H44N2O6S. The van der Waals surface area contributed by atoms with Gasteiger partial charge in [-0.05, 0) is 112 Å². The molecule has 2 unspecified atom stereocenters. The average Bonchev–Trinajstić information content (AvgIpc) is 2.94. The Morgan fingerprint density at radius 1 is 0.692 bits per heavy atom. The predicted molar refractivity (Wildman–Crippen MR) is 151 cm³/mol. The number of benzene rings is 2. The molecule has 2 aliphatic heterocycles. The Kier molecular flexibility index (Phi) is 10.7. The lowest BCUT2D eigenvalue weighted by atomic mass is 9.99. The molecule has 0 aromatic heterocycles. The third kappa shape index (κ3) is 8.91. The molecule has 9 heteroatoms. The SMILES string of the molecule is CC1CCN(CC(O)COc2ccc(S(=O)(=O)c3ccc(OCC(O)CN4CCC(C)CC4)cc3)cc2)CC1. The molecule has 2 atom stereocenters. The molecule has 0 bridgehead atoms. The Labute approximate surface area is 233 Å². The van der Waals surface area contributed by atoms with E-state index in [-0.39, 0.29) is 23.0 Å². The molecule has 4 rings (SSSR count). The van der Waals surface area contributed by atoms with E-state index in [9.17, 15) is 18.6 Å². The zero-order valence-corrected chi connectivity index (χ0v) is 24.1. The zero-order chi connectivity index (χ0) is 27.8. The lowest BCUT2D eigenvalue weighted by Crippen LogP contribution is -2.40. The second kappa shape index (κ2) is 13.9. The number of β-amino-alcohol motifs (C(OH)–C–C–N with tert-alkyl or cyclic N) is 2. The number of ether oxygens (including phenoxy) is 2. The number of likely N-dealkylation sites (tertiary alicyclic amines) is 2. The summed E-state index contributed by atoms with van der Waals surface area (Å²) in [5.41, 5.74) is 0. The highest BCUT2D eigenvalue weighted by molar-refractivity contribution is 7.91. The van der Waals surface area contributed by atoms with Crippen LogP contribution in [0.15, 0.2) is 58.3 Å². The maximum absolute atomic E-state index is 13.1. The molecular weight excluding hydrogens is 516 g/mol. The van der Waals surface area contributed by atoms with Crippen molar-refractivity contribution in [3.63, 3.8) is 0 Å². The Hall–Kier alpha value is -2.17. The maximum Gasteiger partial charge on any atom is 0.206 e. The first kappa shape index (κ1) is 29.8. The van der Waals surface area contributed by atoms with Crippen LogP contribution in [0.25, 0.3) is 0 Å². The molecule has 2 aliphatic rings. The maximum atomic E-state index is 13.1. The van der Waals surface area contributed by atoms with Crippen molar-refractivity contribution >= 4 is 9.84 Å². The molecule has 2 fully saturated rings. The lowest BCUT2D eigenvalue weighted by molar-refractivity contribution is 0.0562. The van der Waals surface area contributed by atoms with Crippen LogP contribution in [0.5, 0.6) is 11.5 Å². The van der Waals surface area contributed by atoms with E-state index in [1.165, 1.54) is 24.3 Å². The summed E-state index contributed by atoms with van der Waals surface area (Å²) in [5, 5.41) is 20.7. The summed E-state index contributed by atoms with van der Waals surface area (Å²) in [6.45, 7) is 9.99. The molecule has 8 nitrogen and oxygen atoms in total. The van der Waals surface area contributed by atoms with Gasteiger partial charge in [0.1, 0.15) is 36.9 Å². The van der Waals surface area contributed by atoms with Gasteiger partial charge in [0, 0.05) is 13.1 Å². The van der Waals surface area contributed by atoms with Gasteiger partial charge in [-0.1, -0.05) is 13.8 Å². The molecule has 2 aromatic rings. The normalized spacial score (nSPS) is 20.0. The molecule has 2 heterocycles. The van der Waals surface area contributed by atoms with Crippen molar-refractivity contribution in [1.82, 2.24) is 9.80 Å². The quantitative estimate of drug-likeness (QED) is 0.407. The number of sulfone groups is 1. The van der Waals surface area contributed by atoms with Crippen LogP contribution in [0, 0.1) is 11.8 Å². The van der Waals surface area contributed by atoms with Gasteiger partial charge in [-0.25, -0.2) is 8.42 Å². The van der Waals surface area contributed by atoms with E-state index in [2.05, 4.69) is 23.6 Å². The van der Waals surface area contributed by atoms with Crippen molar-refractivity contribution in [3.05, 3.63) is 48.5 Å². The van der Waals surface area contributed by atoms with E-state index < -0.39 is 22.0 Å². The second-order valence-corrected chi connectivity index (χ2v) is 13.3. The minimum Gasteiger partial charge on any atom is -0.491 e. The summed E-state index contributed by atoms with van der Waals surface area (Å²) in [5.74, 6) is 2.52. The van der Waals surface area contributed by atoms with Gasteiger partial charge in [-0.15, -0.1) is 0 Å². The Balaban J connectivity index is 1.23. The summed E-state index contributed by atoms with van der Waals surface area (Å²) in [7, 11) is -3.71. The van der Waals surface area contributed by atoms with Crippen LogP contribution >= 0.6 is 0 Å². The van der Waals surface area contributed by atoms with Crippen molar-refractivity contribution < 1.29 is 28.1 Å². The topological polar surface area (TPSA) is 99.5 Å². The van der Waals surface area contributed by atoms with Crippen LogP contribution in [0.4, 0.5) is 0 Å². The fourth-order valence-corrected chi connectivity index (χ4v) is 6.40. The van der Waals surface area contributed by atoms with Gasteiger partial charge in [0.25, 0.3) is 0 Å². The van der Waals surface area contributed by atoms with E-state index in [4.69, 9.17) is 9.47 Å². The molecule has 0 aliphatic carbocycles. The van der Waals surface area contributed by atoms with Gasteiger partial charge in [0.05, 0.1) is 9.79 Å². The van der Waals surface area contributed by atoms with Crippen LogP contribution in [0.1, 0.15) is 39.5 Å². The third-order valence-corrected chi connectivity index (χ3v) is 9.63. The van der Waals surface area contributed by atoms with Gasteiger partial charge in [-0.3, -0.25) is 0 Å². The van der Waals surface area contributed by atoms with Crippen LogP contribution in [-0.4, -0.2) is 93.1 Å². The monoisotopic (exact) mass is 560 g/mol. The lowest BCUT2D eigenvalue weighted by Gasteiger charge is -2.31. The van der Waals surface area contributed by atoms with E-state index in [1.54, 1.807) is 24.3 Å². The number of piperidine rings is 2. The fraction of sp³-hybridized carbons (Fsp3) is 0.600. The molecule has 0 amide bonds. The molecule has 39 heavy (non-hydrogen) atoms. The van der Waals surface area contributed by atoms with E-state index in [0.717, 1.165) is 63.7 Å². The average molecular weight is 561 g/mol. The highest BCUT2D eigenvalue weighted by Gasteiger charge is 2.21. The van der Waals surface area contributed by atoms with Gasteiger partial charge < -0.3 is 29.5 Å². The molecule has 0 spiro atoms. The van der Waals surface area contributed by atoms with Crippen molar-refractivity contribution in [1.29, 1.82) is 0 Å². The molecule has 2 aromatic carbocycles. The largest absolute Gasteiger partial charge is 0.491 e. The fourth-order valence-electron chi connectivity index (χ4n) is 5.14. The first-order valence-electron chi connectivity index (χ1n) is 14.2. The van der Waals surface area contributed by atoms with Crippen molar-refractivity contribution in [2.75, 3.05) is 52.5 Å². The minimum atomic E-state index is -3.71. The van der Waals surface area contributed by atoms with Gasteiger partial charge in [0.15, 0.2) is 0 Å². The minimum absolute atomic E-state index is 0.158. The molecule has 216 valence electrons. The zero-order valence-electron chi connectivity index (χ0n) is 23.2. The molecule has 0 radical (unpaired) electrons. The Morgan fingerprint density at radius 2 is 1.03 bits per heavy atom. The second-order valence-electron chi connectivity index (χ2n) is 11.3. The highest BCUT2D eigenvalue weighted by atomic mass is 32.2. The third-order valence-electron chi connectivity index (χ3n) is 7.84. The standard InChI is InChI=1S/C30H44N2O6S/c1-23-11-15-31(16-12-23)19-25(33)21-37-27-3-7-29(8-4-27)39(35,36)30-9-5-28(6-10-30)38-22-26(34)20-32-17-13-24(2)14-18-32/h3-10,23-26,33-34H,11-22H2,1-2H3. The number of rotatable bonds is 12. The van der Waals surface area contributed by atoms with Gasteiger partial charge >= 0.3 is 0 Å². The van der Waals surface area contributed by atoms with Crippen molar-refractivity contribution in [2.24, 2.45) is 11.8 Å². The predicted octanol–water partition coefficient (Wildman–Crippen LogP) is 3.46. The number of aliphatic hydroxyl groups excluding tert-OH is 2. The van der Waals surface area contributed by atoms with Gasteiger partial charge in [-0.2, -0.15) is 0 Å². The van der Waals surface area contributed by atoms with E-state index in [1.807, 2.05) is 0 Å². The summed E-state index contributed by atoms with van der Waals surface area (Å²) in [6.07, 6.45) is 3.41. The number of aliphatic hydroxyl groups is 2. The molecule has 2 N–H and O–H groups in total. The summed E-state index contributed by atoms with van der Waals surface area (Å²) >= 11 is 0. The van der Waals surface area contributed by atoms with Crippen LogP contribution in [0.3, 0.4) is 0 Å². The summed E-state index contributed by atoms with van der Waals surface area (Å²) < 4.78 is 37.6. The highest BCUT2D eigenvalue weighted by Crippen LogP contribution is 2.25. The Bertz CT molecular complexity index is 1030. The molecule has 0 saturated carbocycles. The van der Waals surface area contributed by atoms with E-state index >= 15 is 0 Å². The Morgan fingerprint density at radius 3 is 1.36 bits per heavy atom. The molecule has 2 saturated heterocycles. The van der Waals surface area contributed by atoms with Crippen molar-refractivity contribution in [3.8, 4) is 11.5 Å². The van der Waals surface area contributed by atoms with Gasteiger partial charge in [0.2, 0.25) is 9.84 Å². The van der Waals surface area contributed by atoms with Crippen LogP contribution in [-0.2, 0) is 9.84 Å². The smallest absolute Gasteiger partial charge is 0.206 e. The van der Waals surface area contributed by atoms with Crippen molar-refractivity contribution in [2.45, 2.75) is 61.5 Å². The number of nitrogens with zero attached hydrogens (tertiary/aromatic N) is 2. The first-order valence-corrected chi connectivity index (χ1v) is 15.7. The first-order chi connectivity index (χ1) is 18.7. The summed E-state index contributed by atoms with van der Waals surface area (Å²) in [6, 6.07) is 12.5.